The first-order chi connectivity index (χ1) is 12.7. The molecule has 4 aromatic rings. The van der Waals surface area contributed by atoms with Crippen LogP contribution in [0, 0.1) is 0 Å². The highest BCUT2D eigenvalue weighted by Crippen LogP contribution is 2.24. The van der Waals surface area contributed by atoms with E-state index < -0.39 is 0 Å². The maximum absolute atomic E-state index is 11.7. The van der Waals surface area contributed by atoms with Gasteiger partial charge in [0.1, 0.15) is 0 Å². The normalized spacial score (nSPS) is 10.8. The Morgan fingerprint density at radius 3 is 2.85 bits per heavy atom. The van der Waals surface area contributed by atoms with E-state index in [1.54, 1.807) is 25.5 Å². The van der Waals surface area contributed by atoms with E-state index in [0.29, 0.717) is 17.9 Å². The summed E-state index contributed by atoms with van der Waals surface area (Å²) in [4.78, 5) is 24.7. The molecule has 3 aromatic heterocycles. The number of benzene rings is 1. The standard InChI is InChI=1S/C20H17N5O/c1-14(26)16-5-2-6-17(10-16)18-13-24-20-19(22-8-9-25(18)20)23-12-15-4-3-7-21-11-15/h2-11,13H,12H2,1H3,(H,22,23). The number of hydrogen-bond donors (Lipinski definition) is 1. The lowest BCUT2D eigenvalue weighted by atomic mass is 10.1. The second kappa shape index (κ2) is 6.76. The first-order valence-corrected chi connectivity index (χ1v) is 8.28. The van der Waals surface area contributed by atoms with Crippen LogP contribution in [0.25, 0.3) is 16.9 Å². The molecule has 0 saturated heterocycles. The third-order valence-corrected chi connectivity index (χ3v) is 4.18. The fraction of sp³-hybridized carbons (Fsp3) is 0.100. The second-order valence-corrected chi connectivity index (χ2v) is 5.96. The summed E-state index contributed by atoms with van der Waals surface area (Å²) in [7, 11) is 0. The molecular weight excluding hydrogens is 326 g/mol. The second-order valence-electron chi connectivity index (χ2n) is 5.96. The zero-order valence-corrected chi connectivity index (χ0v) is 14.3. The zero-order chi connectivity index (χ0) is 17.9. The number of anilines is 1. The molecule has 0 aliphatic heterocycles. The molecule has 0 spiro atoms. The van der Waals surface area contributed by atoms with Crippen LogP contribution in [0.2, 0.25) is 0 Å². The van der Waals surface area contributed by atoms with Gasteiger partial charge in [-0.15, -0.1) is 0 Å². The average Bonchev–Trinajstić information content (AvgIpc) is 3.12. The maximum atomic E-state index is 11.7. The van der Waals surface area contributed by atoms with E-state index >= 15 is 0 Å². The number of pyridine rings is 1. The number of ketones is 1. The molecule has 0 radical (unpaired) electrons. The van der Waals surface area contributed by atoms with Crippen LogP contribution in [0.15, 0.2) is 67.4 Å². The molecule has 1 N–H and O–H groups in total. The summed E-state index contributed by atoms with van der Waals surface area (Å²) < 4.78 is 1.97. The maximum Gasteiger partial charge on any atom is 0.180 e. The van der Waals surface area contributed by atoms with Gasteiger partial charge in [-0.05, 0) is 24.6 Å². The molecule has 0 unspecified atom stereocenters. The molecule has 0 aliphatic rings. The summed E-state index contributed by atoms with van der Waals surface area (Å²) in [5.41, 5.74) is 4.34. The molecule has 1 aromatic carbocycles. The van der Waals surface area contributed by atoms with Crippen molar-refractivity contribution in [3.8, 4) is 11.3 Å². The van der Waals surface area contributed by atoms with Gasteiger partial charge >= 0.3 is 0 Å². The van der Waals surface area contributed by atoms with Crippen LogP contribution < -0.4 is 5.32 Å². The fourth-order valence-corrected chi connectivity index (χ4v) is 2.84. The number of nitrogens with one attached hydrogen (secondary N) is 1. The predicted octanol–water partition coefficient (Wildman–Crippen LogP) is 3.61. The molecule has 0 atom stereocenters. The third kappa shape index (κ3) is 3.04. The molecule has 6 heteroatoms. The molecule has 4 rings (SSSR count). The number of imidazole rings is 1. The quantitative estimate of drug-likeness (QED) is 0.561. The largest absolute Gasteiger partial charge is 0.363 e. The zero-order valence-electron chi connectivity index (χ0n) is 14.3. The van der Waals surface area contributed by atoms with Crippen LogP contribution >= 0.6 is 0 Å². The van der Waals surface area contributed by atoms with Crippen molar-refractivity contribution < 1.29 is 4.79 Å². The lowest BCUT2D eigenvalue weighted by Crippen LogP contribution is -2.04. The molecule has 128 valence electrons. The van der Waals surface area contributed by atoms with E-state index in [-0.39, 0.29) is 5.78 Å². The van der Waals surface area contributed by atoms with Crippen molar-refractivity contribution >= 4 is 17.2 Å². The Balaban J connectivity index is 1.69. The van der Waals surface area contributed by atoms with Crippen molar-refractivity contribution in [3.63, 3.8) is 0 Å². The summed E-state index contributed by atoms with van der Waals surface area (Å²) in [6.45, 7) is 2.18. The van der Waals surface area contributed by atoms with Crippen LogP contribution in [-0.4, -0.2) is 25.1 Å². The van der Waals surface area contributed by atoms with Crippen LogP contribution in [0.5, 0.6) is 0 Å². The minimum atomic E-state index is 0.0427. The van der Waals surface area contributed by atoms with Gasteiger partial charge in [0.05, 0.1) is 11.9 Å². The van der Waals surface area contributed by atoms with E-state index in [1.165, 1.54) is 0 Å². The molecule has 26 heavy (non-hydrogen) atoms. The van der Waals surface area contributed by atoms with Crippen molar-refractivity contribution in [1.29, 1.82) is 0 Å². The van der Waals surface area contributed by atoms with Gasteiger partial charge < -0.3 is 5.32 Å². The molecule has 3 heterocycles. The highest BCUT2D eigenvalue weighted by atomic mass is 16.1. The minimum Gasteiger partial charge on any atom is -0.363 e. The van der Waals surface area contributed by atoms with Crippen molar-refractivity contribution in [2.75, 3.05) is 5.32 Å². The number of rotatable bonds is 5. The average molecular weight is 343 g/mol. The lowest BCUT2D eigenvalue weighted by Gasteiger charge is -2.08. The smallest absolute Gasteiger partial charge is 0.180 e. The molecule has 0 fully saturated rings. The lowest BCUT2D eigenvalue weighted by molar-refractivity contribution is 0.101. The Hall–Kier alpha value is -3.54. The van der Waals surface area contributed by atoms with Crippen LogP contribution in [0.3, 0.4) is 0 Å². The van der Waals surface area contributed by atoms with Crippen molar-refractivity contribution in [2.45, 2.75) is 13.5 Å². The molecule has 0 amide bonds. The monoisotopic (exact) mass is 343 g/mol. The van der Waals surface area contributed by atoms with Crippen LogP contribution in [0.1, 0.15) is 22.8 Å². The number of fused-ring (bicyclic) bond motifs is 1. The minimum absolute atomic E-state index is 0.0427. The highest BCUT2D eigenvalue weighted by molar-refractivity contribution is 5.95. The molecule has 0 aliphatic carbocycles. The fourth-order valence-electron chi connectivity index (χ4n) is 2.84. The number of hydrogen-bond acceptors (Lipinski definition) is 5. The Morgan fingerprint density at radius 2 is 2.04 bits per heavy atom. The van der Waals surface area contributed by atoms with Gasteiger partial charge in [0.15, 0.2) is 17.2 Å². The van der Waals surface area contributed by atoms with E-state index in [4.69, 9.17) is 0 Å². The van der Waals surface area contributed by atoms with Gasteiger partial charge in [0, 0.05) is 42.5 Å². The number of nitrogens with zero attached hydrogens (tertiary/aromatic N) is 4. The van der Waals surface area contributed by atoms with Gasteiger partial charge in [0.2, 0.25) is 0 Å². The van der Waals surface area contributed by atoms with Crippen molar-refractivity contribution in [1.82, 2.24) is 19.4 Å². The Bertz CT molecular complexity index is 1070. The summed E-state index contributed by atoms with van der Waals surface area (Å²) in [6.07, 6.45) is 8.97. The Morgan fingerprint density at radius 1 is 1.12 bits per heavy atom. The van der Waals surface area contributed by atoms with Crippen LogP contribution in [0.4, 0.5) is 5.82 Å². The third-order valence-electron chi connectivity index (χ3n) is 4.18. The highest BCUT2D eigenvalue weighted by Gasteiger charge is 2.11. The molecule has 0 saturated carbocycles. The summed E-state index contributed by atoms with van der Waals surface area (Å²) in [5, 5.41) is 3.31. The van der Waals surface area contributed by atoms with E-state index in [1.807, 2.05) is 53.2 Å². The first kappa shape index (κ1) is 16.0. The van der Waals surface area contributed by atoms with Crippen molar-refractivity contribution in [3.05, 3.63) is 78.5 Å². The molecule has 6 nitrogen and oxygen atoms in total. The topological polar surface area (TPSA) is 72.2 Å². The molecule has 0 bridgehead atoms. The SMILES string of the molecule is CC(=O)c1cccc(-c2cnc3c(NCc4cccnc4)nccn23)c1. The van der Waals surface area contributed by atoms with Crippen molar-refractivity contribution in [2.24, 2.45) is 0 Å². The summed E-state index contributed by atoms with van der Waals surface area (Å²) in [6, 6.07) is 11.5. The summed E-state index contributed by atoms with van der Waals surface area (Å²) in [5.74, 6) is 0.742. The van der Waals surface area contributed by atoms with Gasteiger partial charge in [-0.1, -0.05) is 24.3 Å². The van der Waals surface area contributed by atoms with E-state index in [2.05, 4.69) is 20.3 Å². The number of carbonyl (C=O) groups is 1. The predicted molar refractivity (Wildman–Crippen MR) is 100.0 cm³/mol. The Kier molecular flexibility index (Phi) is 4.15. The Labute approximate surface area is 150 Å². The van der Waals surface area contributed by atoms with Gasteiger partial charge in [-0.2, -0.15) is 0 Å². The van der Waals surface area contributed by atoms with Gasteiger partial charge in [0.25, 0.3) is 0 Å². The number of carbonyl (C=O) groups excluding carboxylic acids is 1. The molecular formula is C20H17N5O. The van der Waals surface area contributed by atoms with E-state index in [0.717, 1.165) is 22.5 Å². The van der Waals surface area contributed by atoms with Gasteiger partial charge in [-0.25, -0.2) is 9.97 Å². The van der Waals surface area contributed by atoms with E-state index in [9.17, 15) is 4.79 Å². The number of aromatic nitrogens is 4. The van der Waals surface area contributed by atoms with Crippen LogP contribution in [-0.2, 0) is 6.54 Å². The summed E-state index contributed by atoms with van der Waals surface area (Å²) >= 11 is 0. The number of Topliss-reactive ketones (excluding diaryl/α,β-unsaturated/α-hetero) is 1. The van der Waals surface area contributed by atoms with Gasteiger partial charge in [-0.3, -0.25) is 14.2 Å². The first-order valence-electron chi connectivity index (χ1n) is 8.28.